The highest BCUT2D eigenvalue weighted by atomic mass is 19.4. The SMILES string of the molecule is CCc1nnc(OC(F)(F)F)cc1C. The molecule has 0 atom stereocenters. The summed E-state index contributed by atoms with van der Waals surface area (Å²) in [6, 6.07) is 1.22. The first-order valence-electron chi connectivity index (χ1n) is 4.01. The molecule has 78 valence electrons. The van der Waals surface area contributed by atoms with Gasteiger partial charge < -0.3 is 4.74 Å². The van der Waals surface area contributed by atoms with Crippen LogP contribution in [0.2, 0.25) is 0 Å². The van der Waals surface area contributed by atoms with Crippen molar-refractivity contribution in [2.45, 2.75) is 26.6 Å². The van der Waals surface area contributed by atoms with E-state index in [1.54, 1.807) is 6.92 Å². The second-order valence-corrected chi connectivity index (χ2v) is 2.71. The summed E-state index contributed by atoms with van der Waals surface area (Å²) in [5, 5.41) is 6.91. The van der Waals surface area contributed by atoms with E-state index in [-0.39, 0.29) is 0 Å². The third-order valence-electron chi connectivity index (χ3n) is 1.62. The zero-order valence-electron chi connectivity index (χ0n) is 7.72. The molecule has 0 radical (unpaired) electrons. The molecular weight excluding hydrogens is 197 g/mol. The fourth-order valence-corrected chi connectivity index (χ4v) is 1.00. The Kier molecular flexibility index (Phi) is 2.93. The molecule has 3 nitrogen and oxygen atoms in total. The van der Waals surface area contributed by atoms with Gasteiger partial charge in [-0.05, 0) is 18.9 Å². The number of alkyl halides is 3. The van der Waals surface area contributed by atoms with Gasteiger partial charge in [-0.1, -0.05) is 6.92 Å². The number of nitrogens with zero attached hydrogens (tertiary/aromatic N) is 2. The number of aromatic nitrogens is 2. The van der Waals surface area contributed by atoms with E-state index in [1.165, 1.54) is 6.07 Å². The molecule has 0 saturated carbocycles. The third-order valence-corrected chi connectivity index (χ3v) is 1.62. The molecule has 14 heavy (non-hydrogen) atoms. The van der Waals surface area contributed by atoms with Crippen LogP contribution in [-0.4, -0.2) is 16.6 Å². The van der Waals surface area contributed by atoms with Crippen molar-refractivity contribution in [2.75, 3.05) is 0 Å². The minimum absolute atomic E-state index is 0.521. The summed E-state index contributed by atoms with van der Waals surface area (Å²) in [7, 11) is 0. The van der Waals surface area contributed by atoms with Gasteiger partial charge in [0.2, 0.25) is 5.88 Å². The standard InChI is InChI=1S/C8H9F3N2O/c1-3-6-5(2)4-7(13-12-6)14-8(9,10)11/h4H,3H2,1-2H3. The van der Waals surface area contributed by atoms with Gasteiger partial charge in [0.25, 0.3) is 0 Å². The monoisotopic (exact) mass is 206 g/mol. The predicted octanol–water partition coefficient (Wildman–Crippen LogP) is 2.25. The molecule has 0 aliphatic carbocycles. The molecule has 0 unspecified atom stereocenters. The van der Waals surface area contributed by atoms with E-state index in [9.17, 15) is 13.2 Å². The number of aryl methyl sites for hydroxylation is 2. The molecule has 0 N–H and O–H groups in total. The maximum Gasteiger partial charge on any atom is 0.574 e. The van der Waals surface area contributed by atoms with Gasteiger partial charge in [0.1, 0.15) is 0 Å². The molecule has 0 aromatic carbocycles. The van der Waals surface area contributed by atoms with E-state index in [0.29, 0.717) is 17.7 Å². The average molecular weight is 206 g/mol. The fraction of sp³-hybridized carbons (Fsp3) is 0.500. The van der Waals surface area contributed by atoms with Gasteiger partial charge in [-0.15, -0.1) is 18.3 Å². The zero-order chi connectivity index (χ0) is 10.8. The Balaban J connectivity index is 2.87. The molecule has 1 aromatic heterocycles. The quantitative estimate of drug-likeness (QED) is 0.744. The van der Waals surface area contributed by atoms with Crippen LogP contribution in [0.5, 0.6) is 5.88 Å². The van der Waals surface area contributed by atoms with Crippen molar-refractivity contribution in [1.29, 1.82) is 0 Å². The van der Waals surface area contributed by atoms with Gasteiger partial charge in [0.15, 0.2) is 0 Å². The molecule has 1 aromatic rings. The summed E-state index contributed by atoms with van der Waals surface area (Å²) < 4.78 is 38.9. The van der Waals surface area contributed by atoms with Gasteiger partial charge in [-0.3, -0.25) is 0 Å². The minimum atomic E-state index is -4.71. The molecule has 1 heterocycles. The summed E-state index contributed by atoms with van der Waals surface area (Å²) in [6.07, 6.45) is -4.08. The van der Waals surface area contributed by atoms with Crippen molar-refractivity contribution in [3.05, 3.63) is 17.3 Å². The van der Waals surface area contributed by atoms with Crippen molar-refractivity contribution >= 4 is 0 Å². The first-order valence-corrected chi connectivity index (χ1v) is 4.01. The Morgan fingerprint density at radius 2 is 2.00 bits per heavy atom. The minimum Gasteiger partial charge on any atom is -0.386 e. The van der Waals surface area contributed by atoms with E-state index >= 15 is 0 Å². The van der Waals surface area contributed by atoms with E-state index < -0.39 is 12.2 Å². The smallest absolute Gasteiger partial charge is 0.386 e. The number of ether oxygens (including phenoxy) is 1. The van der Waals surface area contributed by atoms with Crippen LogP contribution in [-0.2, 0) is 6.42 Å². The Labute approximate surface area is 78.9 Å². The topological polar surface area (TPSA) is 35.0 Å². The molecule has 0 spiro atoms. The lowest BCUT2D eigenvalue weighted by Crippen LogP contribution is -2.18. The second kappa shape index (κ2) is 3.81. The fourth-order valence-electron chi connectivity index (χ4n) is 1.00. The Morgan fingerprint density at radius 1 is 1.36 bits per heavy atom. The Bertz CT molecular complexity index is 325. The number of hydrogen-bond acceptors (Lipinski definition) is 3. The van der Waals surface area contributed by atoms with Crippen molar-refractivity contribution in [2.24, 2.45) is 0 Å². The predicted molar refractivity (Wildman–Crippen MR) is 42.8 cm³/mol. The normalized spacial score (nSPS) is 11.5. The average Bonchev–Trinajstić information content (AvgIpc) is 2.01. The summed E-state index contributed by atoms with van der Waals surface area (Å²) in [6.45, 7) is 3.51. The summed E-state index contributed by atoms with van der Waals surface area (Å²) >= 11 is 0. The highest BCUT2D eigenvalue weighted by Gasteiger charge is 2.32. The summed E-state index contributed by atoms with van der Waals surface area (Å²) in [4.78, 5) is 0. The first kappa shape index (κ1) is 10.7. The van der Waals surface area contributed by atoms with E-state index in [4.69, 9.17) is 0 Å². The van der Waals surface area contributed by atoms with Crippen LogP contribution in [0.1, 0.15) is 18.2 Å². The third kappa shape index (κ3) is 2.86. The first-order chi connectivity index (χ1) is 6.42. The van der Waals surface area contributed by atoms with Crippen molar-refractivity contribution in [1.82, 2.24) is 10.2 Å². The molecular formula is C8H9F3N2O. The number of halogens is 3. The van der Waals surface area contributed by atoms with E-state index in [0.717, 1.165) is 0 Å². The molecule has 6 heteroatoms. The molecule has 0 amide bonds. The van der Waals surface area contributed by atoms with Crippen LogP contribution in [0.25, 0.3) is 0 Å². The van der Waals surface area contributed by atoms with Crippen molar-refractivity contribution in [3.63, 3.8) is 0 Å². The van der Waals surface area contributed by atoms with Crippen LogP contribution in [0.3, 0.4) is 0 Å². The Hall–Kier alpha value is -1.33. The van der Waals surface area contributed by atoms with Crippen LogP contribution < -0.4 is 4.74 Å². The van der Waals surface area contributed by atoms with Gasteiger partial charge in [0, 0.05) is 6.07 Å². The van der Waals surface area contributed by atoms with Crippen molar-refractivity contribution < 1.29 is 17.9 Å². The summed E-state index contributed by atoms with van der Waals surface area (Å²) in [5.41, 5.74) is 1.31. The lowest BCUT2D eigenvalue weighted by Gasteiger charge is -2.08. The molecule has 1 rings (SSSR count). The van der Waals surface area contributed by atoms with E-state index in [2.05, 4.69) is 14.9 Å². The van der Waals surface area contributed by atoms with Crippen LogP contribution in [0.15, 0.2) is 6.07 Å². The molecule has 0 aliphatic heterocycles. The van der Waals surface area contributed by atoms with Gasteiger partial charge >= 0.3 is 6.36 Å². The number of rotatable bonds is 2. The largest absolute Gasteiger partial charge is 0.574 e. The zero-order valence-corrected chi connectivity index (χ0v) is 7.72. The number of hydrogen-bond donors (Lipinski definition) is 0. The molecule has 0 fully saturated rings. The van der Waals surface area contributed by atoms with Crippen LogP contribution in [0, 0.1) is 6.92 Å². The highest BCUT2D eigenvalue weighted by Crippen LogP contribution is 2.21. The van der Waals surface area contributed by atoms with Crippen LogP contribution in [0.4, 0.5) is 13.2 Å². The van der Waals surface area contributed by atoms with Gasteiger partial charge in [0.05, 0.1) is 5.69 Å². The maximum atomic E-state index is 11.8. The summed E-state index contributed by atoms with van der Waals surface area (Å²) in [5.74, 6) is -0.521. The lowest BCUT2D eigenvalue weighted by molar-refractivity contribution is -0.276. The van der Waals surface area contributed by atoms with Crippen LogP contribution >= 0.6 is 0 Å². The molecule has 0 saturated heterocycles. The Morgan fingerprint density at radius 3 is 2.43 bits per heavy atom. The second-order valence-electron chi connectivity index (χ2n) is 2.71. The van der Waals surface area contributed by atoms with Gasteiger partial charge in [-0.25, -0.2) is 0 Å². The molecule has 0 bridgehead atoms. The highest BCUT2D eigenvalue weighted by molar-refractivity contribution is 5.22. The van der Waals surface area contributed by atoms with E-state index in [1.807, 2.05) is 6.92 Å². The molecule has 0 aliphatic rings. The maximum absolute atomic E-state index is 11.8. The lowest BCUT2D eigenvalue weighted by atomic mass is 10.2. The van der Waals surface area contributed by atoms with Gasteiger partial charge in [-0.2, -0.15) is 5.10 Å². The van der Waals surface area contributed by atoms with Crippen molar-refractivity contribution in [3.8, 4) is 5.88 Å².